The van der Waals surface area contributed by atoms with Crippen molar-refractivity contribution in [3.05, 3.63) is 32.7 Å². The van der Waals surface area contributed by atoms with Crippen LogP contribution in [0.3, 0.4) is 0 Å². The van der Waals surface area contributed by atoms with Crippen molar-refractivity contribution >= 4 is 31.9 Å². The van der Waals surface area contributed by atoms with Crippen LogP contribution < -0.4 is 5.32 Å². The van der Waals surface area contributed by atoms with Gasteiger partial charge in [-0.05, 0) is 49.6 Å². The van der Waals surface area contributed by atoms with E-state index in [0.717, 1.165) is 30.6 Å². The van der Waals surface area contributed by atoms with Crippen LogP contribution in [0.5, 0.6) is 0 Å². The Hall–Kier alpha value is 0.1000. The molecule has 108 valence electrons. The molecule has 0 atom stereocenters. The number of unbranched alkanes of at least 4 members (excludes halogenated alkanes) is 3. The second kappa shape index (κ2) is 10.8. The standard InChI is InChI=1S/C15H23Br2NO/c1-19-11-10-18-9-5-3-2-4-6-13-12-14(16)7-8-15(13)17/h7-8,12,18H,2-6,9-11H2,1H3. The monoisotopic (exact) mass is 391 g/mol. The number of benzene rings is 1. The van der Waals surface area contributed by atoms with Gasteiger partial charge < -0.3 is 10.1 Å². The minimum absolute atomic E-state index is 0.802. The van der Waals surface area contributed by atoms with E-state index in [1.54, 1.807) is 7.11 Å². The normalized spacial score (nSPS) is 10.9. The second-order valence-corrected chi connectivity index (χ2v) is 6.41. The van der Waals surface area contributed by atoms with Crippen molar-refractivity contribution in [2.24, 2.45) is 0 Å². The van der Waals surface area contributed by atoms with Crippen molar-refractivity contribution in [1.82, 2.24) is 5.32 Å². The Morgan fingerprint density at radius 1 is 1.05 bits per heavy atom. The first-order valence-electron chi connectivity index (χ1n) is 6.87. The average Bonchev–Trinajstić information content (AvgIpc) is 2.40. The van der Waals surface area contributed by atoms with E-state index in [9.17, 15) is 0 Å². The van der Waals surface area contributed by atoms with Crippen molar-refractivity contribution in [3.63, 3.8) is 0 Å². The molecule has 0 amide bonds. The molecule has 2 nitrogen and oxygen atoms in total. The molecule has 0 radical (unpaired) electrons. The van der Waals surface area contributed by atoms with Crippen LogP contribution in [0.1, 0.15) is 31.2 Å². The van der Waals surface area contributed by atoms with E-state index < -0.39 is 0 Å². The van der Waals surface area contributed by atoms with Crippen LogP contribution in [0.25, 0.3) is 0 Å². The molecule has 0 bridgehead atoms. The molecule has 0 heterocycles. The third kappa shape index (κ3) is 8.08. The van der Waals surface area contributed by atoms with E-state index in [2.05, 4.69) is 55.4 Å². The zero-order valence-corrected chi connectivity index (χ0v) is 14.7. The van der Waals surface area contributed by atoms with Crippen LogP contribution in [-0.2, 0) is 11.2 Å². The highest BCUT2D eigenvalue weighted by molar-refractivity contribution is 9.11. The zero-order chi connectivity index (χ0) is 13.9. The molecule has 0 aliphatic carbocycles. The van der Waals surface area contributed by atoms with E-state index in [1.165, 1.54) is 35.7 Å². The van der Waals surface area contributed by atoms with Crippen molar-refractivity contribution in [2.75, 3.05) is 26.8 Å². The molecule has 1 N–H and O–H groups in total. The SMILES string of the molecule is COCCNCCCCCCc1cc(Br)ccc1Br. The lowest BCUT2D eigenvalue weighted by Crippen LogP contribution is -2.20. The predicted octanol–water partition coefficient (Wildman–Crippen LogP) is 4.55. The first-order chi connectivity index (χ1) is 9.24. The highest BCUT2D eigenvalue weighted by Crippen LogP contribution is 2.23. The summed E-state index contributed by atoms with van der Waals surface area (Å²) in [6, 6.07) is 6.38. The summed E-state index contributed by atoms with van der Waals surface area (Å²) in [4.78, 5) is 0. The van der Waals surface area contributed by atoms with Crippen LogP contribution in [-0.4, -0.2) is 26.8 Å². The van der Waals surface area contributed by atoms with Gasteiger partial charge in [0, 0.05) is 22.6 Å². The van der Waals surface area contributed by atoms with E-state index >= 15 is 0 Å². The molecule has 0 aliphatic heterocycles. The lowest BCUT2D eigenvalue weighted by molar-refractivity contribution is 0.199. The molecular weight excluding hydrogens is 370 g/mol. The van der Waals surface area contributed by atoms with Gasteiger partial charge in [-0.2, -0.15) is 0 Å². The summed E-state index contributed by atoms with van der Waals surface area (Å²) in [6.45, 7) is 2.86. The topological polar surface area (TPSA) is 21.3 Å². The van der Waals surface area contributed by atoms with Gasteiger partial charge >= 0.3 is 0 Å². The summed E-state index contributed by atoms with van der Waals surface area (Å²) in [7, 11) is 1.74. The van der Waals surface area contributed by atoms with Gasteiger partial charge in [-0.15, -0.1) is 0 Å². The maximum Gasteiger partial charge on any atom is 0.0587 e. The fourth-order valence-corrected chi connectivity index (χ4v) is 2.81. The number of rotatable bonds is 10. The fraction of sp³-hybridized carbons (Fsp3) is 0.600. The minimum atomic E-state index is 0.802. The average molecular weight is 393 g/mol. The van der Waals surface area contributed by atoms with Crippen LogP contribution in [0.15, 0.2) is 27.1 Å². The van der Waals surface area contributed by atoms with Crippen LogP contribution >= 0.6 is 31.9 Å². The Labute approximate surface area is 133 Å². The molecule has 0 unspecified atom stereocenters. The highest BCUT2D eigenvalue weighted by atomic mass is 79.9. The minimum Gasteiger partial charge on any atom is -0.383 e. The van der Waals surface area contributed by atoms with Gasteiger partial charge in [0.1, 0.15) is 0 Å². The first kappa shape index (κ1) is 17.2. The van der Waals surface area contributed by atoms with E-state index in [4.69, 9.17) is 4.74 Å². The maximum absolute atomic E-state index is 4.99. The quantitative estimate of drug-likeness (QED) is 0.589. The third-order valence-electron chi connectivity index (χ3n) is 3.04. The lowest BCUT2D eigenvalue weighted by Gasteiger charge is -2.06. The number of methoxy groups -OCH3 is 1. The summed E-state index contributed by atoms with van der Waals surface area (Å²) < 4.78 is 7.37. The van der Waals surface area contributed by atoms with Crippen molar-refractivity contribution in [1.29, 1.82) is 0 Å². The molecule has 1 aromatic rings. The summed E-state index contributed by atoms with van der Waals surface area (Å²) in [5.41, 5.74) is 1.40. The Bertz CT molecular complexity index is 358. The van der Waals surface area contributed by atoms with E-state index in [1.807, 2.05) is 0 Å². The molecule has 0 spiro atoms. The molecule has 0 fully saturated rings. The highest BCUT2D eigenvalue weighted by Gasteiger charge is 2.00. The number of nitrogens with one attached hydrogen (secondary N) is 1. The van der Waals surface area contributed by atoms with Crippen molar-refractivity contribution < 1.29 is 4.74 Å². The Morgan fingerprint density at radius 3 is 2.63 bits per heavy atom. The van der Waals surface area contributed by atoms with Gasteiger partial charge in [-0.25, -0.2) is 0 Å². The van der Waals surface area contributed by atoms with E-state index in [0.29, 0.717) is 0 Å². The molecule has 19 heavy (non-hydrogen) atoms. The lowest BCUT2D eigenvalue weighted by atomic mass is 10.1. The molecule has 1 rings (SSSR count). The van der Waals surface area contributed by atoms with E-state index in [-0.39, 0.29) is 0 Å². The van der Waals surface area contributed by atoms with Crippen LogP contribution in [0.4, 0.5) is 0 Å². The molecule has 4 heteroatoms. The smallest absolute Gasteiger partial charge is 0.0587 e. The molecule has 0 aliphatic rings. The Kier molecular flexibility index (Phi) is 9.78. The predicted molar refractivity (Wildman–Crippen MR) is 88.8 cm³/mol. The van der Waals surface area contributed by atoms with Gasteiger partial charge in [0.05, 0.1) is 6.61 Å². The Balaban J connectivity index is 2.03. The Morgan fingerprint density at radius 2 is 1.84 bits per heavy atom. The zero-order valence-electron chi connectivity index (χ0n) is 11.6. The summed E-state index contributed by atoms with van der Waals surface area (Å²) >= 11 is 7.13. The van der Waals surface area contributed by atoms with Crippen LogP contribution in [0, 0.1) is 0 Å². The summed E-state index contributed by atoms with van der Waals surface area (Å²) in [5.74, 6) is 0. The number of ether oxygens (including phenoxy) is 1. The maximum atomic E-state index is 4.99. The van der Waals surface area contributed by atoms with Gasteiger partial charge in [0.15, 0.2) is 0 Å². The molecule has 0 saturated carbocycles. The number of halogens is 2. The van der Waals surface area contributed by atoms with Crippen molar-refractivity contribution in [2.45, 2.75) is 32.1 Å². The first-order valence-corrected chi connectivity index (χ1v) is 8.46. The summed E-state index contributed by atoms with van der Waals surface area (Å²) in [5, 5.41) is 3.37. The van der Waals surface area contributed by atoms with Gasteiger partial charge in [0.25, 0.3) is 0 Å². The fourth-order valence-electron chi connectivity index (χ4n) is 1.95. The van der Waals surface area contributed by atoms with Gasteiger partial charge in [-0.1, -0.05) is 44.7 Å². The van der Waals surface area contributed by atoms with Crippen LogP contribution in [0.2, 0.25) is 0 Å². The van der Waals surface area contributed by atoms with Gasteiger partial charge in [0.2, 0.25) is 0 Å². The molecule has 0 saturated heterocycles. The largest absolute Gasteiger partial charge is 0.383 e. The van der Waals surface area contributed by atoms with Gasteiger partial charge in [-0.3, -0.25) is 0 Å². The molecular formula is C15H23Br2NO. The second-order valence-electron chi connectivity index (χ2n) is 4.64. The summed E-state index contributed by atoms with van der Waals surface area (Å²) in [6.07, 6.45) is 6.25. The third-order valence-corrected chi connectivity index (χ3v) is 4.31. The number of hydrogen-bond donors (Lipinski definition) is 1. The molecule has 1 aromatic carbocycles. The number of aryl methyl sites for hydroxylation is 1. The number of hydrogen-bond acceptors (Lipinski definition) is 2. The molecule has 0 aromatic heterocycles. The van der Waals surface area contributed by atoms with Crippen molar-refractivity contribution in [3.8, 4) is 0 Å².